The van der Waals surface area contributed by atoms with E-state index in [-0.39, 0.29) is 16.0 Å². The number of hydrogen-bond acceptors (Lipinski definition) is 5. The molecule has 2 aromatic rings. The van der Waals surface area contributed by atoms with Gasteiger partial charge in [0, 0.05) is 36.0 Å². The van der Waals surface area contributed by atoms with Crippen LogP contribution in [0, 0.1) is 10.1 Å². The summed E-state index contributed by atoms with van der Waals surface area (Å²) in [5, 5.41) is 17.1. The second kappa shape index (κ2) is 6.32. The van der Waals surface area contributed by atoms with Crippen LogP contribution in [0.5, 0.6) is 0 Å². The number of nitrogens with zero attached hydrogens (tertiary/aromatic N) is 2. The standard InChI is InChI=1S/C15H19N3O2S/c1-15(2,3)13-10-21-14(17-13)9-16-8-11-5-4-6-12(7-11)18(19)20/h4-7,10,16H,8-9H2,1-3H3. The van der Waals surface area contributed by atoms with E-state index in [2.05, 4.69) is 36.5 Å². The molecule has 1 aromatic heterocycles. The lowest BCUT2D eigenvalue weighted by molar-refractivity contribution is -0.384. The van der Waals surface area contributed by atoms with Crippen molar-refractivity contribution >= 4 is 17.0 Å². The van der Waals surface area contributed by atoms with Gasteiger partial charge in [-0.3, -0.25) is 10.1 Å². The Labute approximate surface area is 128 Å². The molecule has 6 heteroatoms. The quantitative estimate of drug-likeness (QED) is 0.676. The predicted octanol–water partition coefficient (Wildman–Crippen LogP) is 3.64. The van der Waals surface area contributed by atoms with Crippen LogP contribution in [0.3, 0.4) is 0 Å². The van der Waals surface area contributed by atoms with Gasteiger partial charge in [-0.25, -0.2) is 4.98 Å². The highest BCUT2D eigenvalue weighted by atomic mass is 32.1. The van der Waals surface area contributed by atoms with E-state index in [1.165, 1.54) is 6.07 Å². The number of benzene rings is 1. The van der Waals surface area contributed by atoms with Gasteiger partial charge in [-0.05, 0) is 5.56 Å². The molecule has 5 nitrogen and oxygen atoms in total. The van der Waals surface area contributed by atoms with Crippen molar-refractivity contribution in [2.45, 2.75) is 39.3 Å². The number of hydrogen-bond donors (Lipinski definition) is 1. The molecule has 112 valence electrons. The predicted molar refractivity (Wildman–Crippen MR) is 84.5 cm³/mol. The molecule has 0 radical (unpaired) electrons. The number of nitro groups is 1. The highest BCUT2D eigenvalue weighted by Crippen LogP contribution is 2.23. The van der Waals surface area contributed by atoms with Crippen LogP contribution in [0.2, 0.25) is 0 Å². The first-order valence-electron chi connectivity index (χ1n) is 6.75. The van der Waals surface area contributed by atoms with Crippen molar-refractivity contribution in [2.75, 3.05) is 0 Å². The fraction of sp³-hybridized carbons (Fsp3) is 0.400. The molecule has 0 saturated carbocycles. The first kappa shape index (κ1) is 15.6. The lowest BCUT2D eigenvalue weighted by atomic mass is 9.93. The first-order chi connectivity index (χ1) is 9.86. The number of non-ortho nitro benzene ring substituents is 1. The third-order valence-corrected chi connectivity index (χ3v) is 3.90. The molecule has 0 fully saturated rings. The molecule has 0 amide bonds. The molecule has 1 N–H and O–H groups in total. The number of rotatable bonds is 5. The maximum absolute atomic E-state index is 10.7. The molecule has 0 bridgehead atoms. The minimum atomic E-state index is -0.375. The van der Waals surface area contributed by atoms with E-state index in [4.69, 9.17) is 0 Å². The van der Waals surface area contributed by atoms with E-state index >= 15 is 0 Å². The fourth-order valence-corrected chi connectivity index (χ4v) is 2.82. The molecule has 0 saturated heterocycles. The third kappa shape index (κ3) is 4.34. The Bertz CT molecular complexity index is 632. The molecular formula is C15H19N3O2S. The van der Waals surface area contributed by atoms with Gasteiger partial charge < -0.3 is 5.32 Å². The lowest BCUT2D eigenvalue weighted by Gasteiger charge is -2.14. The Morgan fingerprint density at radius 2 is 2.10 bits per heavy atom. The van der Waals surface area contributed by atoms with Crippen molar-refractivity contribution in [1.82, 2.24) is 10.3 Å². The van der Waals surface area contributed by atoms with Crippen molar-refractivity contribution < 1.29 is 4.92 Å². The van der Waals surface area contributed by atoms with Crippen molar-refractivity contribution in [2.24, 2.45) is 0 Å². The van der Waals surface area contributed by atoms with Gasteiger partial charge in [-0.1, -0.05) is 32.9 Å². The second-order valence-electron chi connectivity index (χ2n) is 5.91. The van der Waals surface area contributed by atoms with Crippen LogP contribution in [-0.2, 0) is 18.5 Å². The fourth-order valence-electron chi connectivity index (χ4n) is 1.83. The summed E-state index contributed by atoms with van der Waals surface area (Å²) < 4.78 is 0. The third-order valence-electron chi connectivity index (χ3n) is 3.05. The van der Waals surface area contributed by atoms with E-state index in [9.17, 15) is 10.1 Å². The highest BCUT2D eigenvalue weighted by Gasteiger charge is 2.17. The zero-order chi connectivity index (χ0) is 15.5. The van der Waals surface area contributed by atoms with Crippen LogP contribution >= 0.6 is 11.3 Å². The van der Waals surface area contributed by atoms with Crippen LogP contribution in [0.4, 0.5) is 5.69 Å². The van der Waals surface area contributed by atoms with Crippen molar-refractivity contribution in [3.05, 3.63) is 56.0 Å². The van der Waals surface area contributed by atoms with Gasteiger partial charge in [-0.2, -0.15) is 0 Å². The summed E-state index contributed by atoms with van der Waals surface area (Å²) in [7, 11) is 0. The Morgan fingerprint density at radius 3 is 2.71 bits per heavy atom. The van der Waals surface area contributed by atoms with Gasteiger partial charge in [0.25, 0.3) is 5.69 Å². The summed E-state index contributed by atoms with van der Waals surface area (Å²) in [6.07, 6.45) is 0. The molecule has 0 atom stereocenters. The molecule has 0 spiro atoms. The molecule has 1 heterocycles. The van der Waals surface area contributed by atoms with E-state index in [1.54, 1.807) is 23.5 Å². The summed E-state index contributed by atoms with van der Waals surface area (Å²) in [4.78, 5) is 15.0. The van der Waals surface area contributed by atoms with Crippen molar-refractivity contribution in [3.63, 3.8) is 0 Å². The molecule has 0 unspecified atom stereocenters. The number of aromatic nitrogens is 1. The summed E-state index contributed by atoms with van der Waals surface area (Å²) in [5.74, 6) is 0. The maximum atomic E-state index is 10.7. The highest BCUT2D eigenvalue weighted by molar-refractivity contribution is 7.09. The summed E-state index contributed by atoms with van der Waals surface area (Å²) in [6.45, 7) is 7.68. The normalized spacial score (nSPS) is 11.6. The zero-order valence-corrected chi connectivity index (χ0v) is 13.2. The lowest BCUT2D eigenvalue weighted by Crippen LogP contribution is -2.14. The van der Waals surface area contributed by atoms with Crippen LogP contribution in [0.25, 0.3) is 0 Å². The largest absolute Gasteiger partial charge is 0.306 e. The monoisotopic (exact) mass is 305 g/mol. The summed E-state index contributed by atoms with van der Waals surface area (Å²) in [6, 6.07) is 6.67. The van der Waals surface area contributed by atoms with Gasteiger partial charge in [-0.15, -0.1) is 11.3 Å². The van der Waals surface area contributed by atoms with E-state index in [0.717, 1.165) is 16.3 Å². The first-order valence-corrected chi connectivity index (χ1v) is 7.63. The Morgan fingerprint density at radius 1 is 1.33 bits per heavy atom. The summed E-state index contributed by atoms with van der Waals surface area (Å²) >= 11 is 1.64. The van der Waals surface area contributed by atoms with Gasteiger partial charge in [0.1, 0.15) is 5.01 Å². The Kier molecular flexibility index (Phi) is 4.69. The maximum Gasteiger partial charge on any atom is 0.269 e. The molecular weight excluding hydrogens is 286 g/mol. The average molecular weight is 305 g/mol. The molecule has 0 aliphatic heterocycles. The molecule has 21 heavy (non-hydrogen) atoms. The van der Waals surface area contributed by atoms with Crippen molar-refractivity contribution in [3.8, 4) is 0 Å². The molecule has 1 aromatic carbocycles. The smallest absolute Gasteiger partial charge is 0.269 e. The average Bonchev–Trinajstić information content (AvgIpc) is 2.88. The SMILES string of the molecule is CC(C)(C)c1csc(CNCc2cccc([N+](=O)[O-])c2)n1. The van der Waals surface area contributed by atoms with Crippen molar-refractivity contribution in [1.29, 1.82) is 0 Å². The summed E-state index contributed by atoms with van der Waals surface area (Å²) in [5.41, 5.74) is 2.18. The van der Waals surface area contributed by atoms with Gasteiger partial charge in [0.2, 0.25) is 0 Å². The molecule has 0 aliphatic rings. The molecule has 2 rings (SSSR count). The minimum absolute atomic E-state index is 0.0643. The Balaban J connectivity index is 1.91. The Hall–Kier alpha value is -1.79. The number of nitro benzene ring substituents is 1. The number of thiazole rings is 1. The van der Waals surface area contributed by atoms with E-state index < -0.39 is 0 Å². The van der Waals surface area contributed by atoms with Crippen LogP contribution in [-0.4, -0.2) is 9.91 Å². The van der Waals surface area contributed by atoms with Crippen LogP contribution in [0.1, 0.15) is 37.0 Å². The second-order valence-corrected chi connectivity index (χ2v) is 6.85. The zero-order valence-electron chi connectivity index (χ0n) is 12.4. The van der Waals surface area contributed by atoms with Crippen LogP contribution in [0.15, 0.2) is 29.6 Å². The van der Waals surface area contributed by atoms with Gasteiger partial charge in [0.15, 0.2) is 0 Å². The molecule has 0 aliphatic carbocycles. The van der Waals surface area contributed by atoms with Gasteiger partial charge >= 0.3 is 0 Å². The van der Waals surface area contributed by atoms with E-state index in [0.29, 0.717) is 13.1 Å². The minimum Gasteiger partial charge on any atom is -0.306 e. The van der Waals surface area contributed by atoms with E-state index in [1.807, 2.05) is 6.07 Å². The topological polar surface area (TPSA) is 68.1 Å². The van der Waals surface area contributed by atoms with Gasteiger partial charge in [0.05, 0.1) is 10.6 Å². The van der Waals surface area contributed by atoms with Crippen LogP contribution < -0.4 is 5.32 Å². The number of nitrogens with one attached hydrogen (secondary N) is 1.